The molecule has 1 saturated carbocycles. The average Bonchev–Trinajstić information content (AvgIpc) is 3.07. The van der Waals surface area contributed by atoms with Gasteiger partial charge in [0.05, 0.1) is 12.5 Å². The second kappa shape index (κ2) is 7.07. The summed E-state index contributed by atoms with van der Waals surface area (Å²) in [5.74, 6) is -0.312. The molecule has 0 spiro atoms. The third-order valence-corrected chi connectivity index (χ3v) is 4.91. The number of hydrogen-bond acceptors (Lipinski definition) is 4. The number of dihydropyridines is 1. The lowest BCUT2D eigenvalue weighted by molar-refractivity contribution is -0.153. The van der Waals surface area contributed by atoms with Gasteiger partial charge in [0.1, 0.15) is 6.61 Å². The number of rotatable bonds is 4. The van der Waals surface area contributed by atoms with Crippen molar-refractivity contribution in [3.05, 3.63) is 71.7 Å². The number of carbonyl (C=O) groups is 2. The molecule has 4 rings (SSSR count). The van der Waals surface area contributed by atoms with Gasteiger partial charge in [-0.2, -0.15) is 0 Å². The maximum absolute atomic E-state index is 12.4. The van der Waals surface area contributed by atoms with Crippen molar-refractivity contribution in [3.8, 4) is 0 Å². The fourth-order valence-electron chi connectivity index (χ4n) is 3.30. The molecule has 1 aliphatic carbocycles. The molecule has 0 unspecified atom stereocenters. The zero-order valence-electron chi connectivity index (χ0n) is 14.4. The molecular weight excluding hydrogens is 330 g/mol. The highest BCUT2D eigenvalue weighted by atomic mass is 16.5. The van der Waals surface area contributed by atoms with Crippen LogP contribution in [0.3, 0.4) is 0 Å². The minimum absolute atomic E-state index is 0.0282. The van der Waals surface area contributed by atoms with Crippen LogP contribution < -0.4 is 10.6 Å². The molecule has 1 fully saturated rings. The van der Waals surface area contributed by atoms with E-state index < -0.39 is 0 Å². The van der Waals surface area contributed by atoms with Gasteiger partial charge in [-0.3, -0.25) is 9.69 Å². The predicted molar refractivity (Wildman–Crippen MR) is 96.4 cm³/mol. The molecule has 6 heteroatoms. The standard InChI is InChI=1S/C20H21N3O3/c24-19(26-13-14-4-2-1-3-5-14)16-8-18(9-16)22-20(25)23-11-15-6-7-21-10-17(15)12-23/h1-7,10-11,16,18,21H,8-9,12-13H2,(H,22,25). The summed E-state index contributed by atoms with van der Waals surface area (Å²) in [6.45, 7) is 0.860. The van der Waals surface area contributed by atoms with Crippen molar-refractivity contribution in [1.82, 2.24) is 15.5 Å². The fraction of sp³-hybridized carbons (Fsp3) is 0.300. The van der Waals surface area contributed by atoms with Gasteiger partial charge in [0.2, 0.25) is 0 Å². The molecule has 2 amide bonds. The molecule has 26 heavy (non-hydrogen) atoms. The molecule has 0 aromatic heterocycles. The largest absolute Gasteiger partial charge is 0.461 e. The summed E-state index contributed by atoms with van der Waals surface area (Å²) in [4.78, 5) is 26.1. The summed E-state index contributed by atoms with van der Waals surface area (Å²) in [6, 6.07) is 9.54. The zero-order chi connectivity index (χ0) is 17.9. The van der Waals surface area contributed by atoms with E-state index in [9.17, 15) is 9.59 Å². The average molecular weight is 351 g/mol. The predicted octanol–water partition coefficient (Wildman–Crippen LogP) is 2.42. The summed E-state index contributed by atoms with van der Waals surface area (Å²) in [5, 5.41) is 6.02. The second-order valence-corrected chi connectivity index (χ2v) is 6.79. The van der Waals surface area contributed by atoms with Crippen LogP contribution in [0.4, 0.5) is 4.79 Å². The van der Waals surface area contributed by atoms with E-state index in [0.717, 1.165) is 16.7 Å². The first-order chi connectivity index (χ1) is 12.7. The first-order valence-corrected chi connectivity index (χ1v) is 8.80. The Labute approximate surface area is 152 Å². The third kappa shape index (κ3) is 3.49. The molecule has 1 aromatic rings. The van der Waals surface area contributed by atoms with Crippen LogP contribution in [0.5, 0.6) is 0 Å². The number of ether oxygens (including phenoxy) is 1. The van der Waals surface area contributed by atoms with Gasteiger partial charge in [-0.1, -0.05) is 30.3 Å². The SMILES string of the molecule is O=C(OCc1ccccc1)C1CC(NC(=O)N2C=C3C=CNC=C3C2)C1. The number of allylic oxidation sites excluding steroid dienone is 1. The number of esters is 1. The van der Waals surface area contributed by atoms with Crippen LogP contribution in [0.1, 0.15) is 18.4 Å². The number of amides is 2. The Kier molecular flexibility index (Phi) is 4.48. The van der Waals surface area contributed by atoms with Crippen molar-refractivity contribution in [2.45, 2.75) is 25.5 Å². The molecule has 3 aliphatic rings. The maximum atomic E-state index is 12.4. The first kappa shape index (κ1) is 16.4. The van der Waals surface area contributed by atoms with Gasteiger partial charge in [0.15, 0.2) is 0 Å². The molecule has 134 valence electrons. The van der Waals surface area contributed by atoms with Crippen molar-refractivity contribution >= 4 is 12.0 Å². The minimum Gasteiger partial charge on any atom is -0.461 e. The number of nitrogens with zero attached hydrogens (tertiary/aromatic N) is 1. The maximum Gasteiger partial charge on any atom is 0.321 e. The van der Waals surface area contributed by atoms with Crippen LogP contribution in [-0.4, -0.2) is 29.5 Å². The van der Waals surface area contributed by atoms with E-state index >= 15 is 0 Å². The van der Waals surface area contributed by atoms with E-state index in [1.165, 1.54) is 0 Å². The summed E-state index contributed by atoms with van der Waals surface area (Å²) in [5.41, 5.74) is 3.12. The van der Waals surface area contributed by atoms with Crippen LogP contribution in [0, 0.1) is 5.92 Å². The zero-order valence-corrected chi connectivity index (χ0v) is 14.4. The molecule has 2 heterocycles. The lowest BCUT2D eigenvalue weighted by atomic mass is 9.80. The Morgan fingerprint density at radius 1 is 1.23 bits per heavy atom. The van der Waals surface area contributed by atoms with E-state index in [0.29, 0.717) is 26.0 Å². The van der Waals surface area contributed by atoms with Gasteiger partial charge in [0.25, 0.3) is 0 Å². The molecule has 0 bridgehead atoms. The Morgan fingerprint density at radius 3 is 2.81 bits per heavy atom. The first-order valence-electron chi connectivity index (χ1n) is 8.80. The molecule has 0 atom stereocenters. The third-order valence-electron chi connectivity index (χ3n) is 4.91. The van der Waals surface area contributed by atoms with Gasteiger partial charge in [-0.25, -0.2) is 4.79 Å². The number of hydrogen-bond donors (Lipinski definition) is 2. The van der Waals surface area contributed by atoms with Crippen molar-refractivity contribution in [2.75, 3.05) is 6.54 Å². The molecular formula is C20H21N3O3. The molecule has 0 radical (unpaired) electrons. The monoisotopic (exact) mass is 351 g/mol. The molecule has 2 N–H and O–H groups in total. The number of benzene rings is 1. The van der Waals surface area contributed by atoms with Crippen molar-refractivity contribution in [2.24, 2.45) is 5.92 Å². The number of carbonyl (C=O) groups excluding carboxylic acids is 2. The minimum atomic E-state index is -0.185. The van der Waals surface area contributed by atoms with E-state index in [-0.39, 0.29) is 24.0 Å². The van der Waals surface area contributed by atoms with E-state index in [1.54, 1.807) is 4.90 Å². The van der Waals surface area contributed by atoms with Crippen LogP contribution >= 0.6 is 0 Å². The highest BCUT2D eigenvalue weighted by Gasteiger charge is 2.37. The summed E-state index contributed by atoms with van der Waals surface area (Å²) >= 11 is 0. The lowest BCUT2D eigenvalue weighted by Crippen LogP contribution is -2.50. The van der Waals surface area contributed by atoms with Gasteiger partial charge >= 0.3 is 12.0 Å². The Bertz CT molecular complexity index is 792. The van der Waals surface area contributed by atoms with E-state index in [2.05, 4.69) is 10.6 Å². The smallest absolute Gasteiger partial charge is 0.321 e. The van der Waals surface area contributed by atoms with E-state index in [4.69, 9.17) is 4.74 Å². The second-order valence-electron chi connectivity index (χ2n) is 6.79. The summed E-state index contributed by atoms with van der Waals surface area (Å²) < 4.78 is 5.36. The van der Waals surface area contributed by atoms with Crippen molar-refractivity contribution in [1.29, 1.82) is 0 Å². The number of nitrogens with one attached hydrogen (secondary N) is 2. The van der Waals surface area contributed by atoms with Crippen LogP contribution in [-0.2, 0) is 16.1 Å². The molecule has 6 nitrogen and oxygen atoms in total. The highest BCUT2D eigenvalue weighted by molar-refractivity contribution is 5.79. The number of urea groups is 1. The van der Waals surface area contributed by atoms with Crippen molar-refractivity contribution in [3.63, 3.8) is 0 Å². The van der Waals surface area contributed by atoms with Crippen molar-refractivity contribution < 1.29 is 14.3 Å². The molecule has 2 aliphatic heterocycles. The van der Waals surface area contributed by atoms with Crippen LogP contribution in [0.2, 0.25) is 0 Å². The lowest BCUT2D eigenvalue weighted by Gasteiger charge is -2.34. The van der Waals surface area contributed by atoms with Gasteiger partial charge in [-0.05, 0) is 35.6 Å². The molecule has 1 aromatic carbocycles. The normalized spacial score (nSPS) is 23.2. The fourth-order valence-corrected chi connectivity index (χ4v) is 3.30. The van der Waals surface area contributed by atoms with Gasteiger partial charge in [0, 0.05) is 24.6 Å². The highest BCUT2D eigenvalue weighted by Crippen LogP contribution is 2.30. The number of fused-ring (bicyclic) bond motifs is 1. The van der Waals surface area contributed by atoms with Crippen LogP contribution in [0.15, 0.2) is 66.2 Å². The topological polar surface area (TPSA) is 70.7 Å². The quantitative estimate of drug-likeness (QED) is 0.818. The van der Waals surface area contributed by atoms with Crippen LogP contribution in [0.25, 0.3) is 0 Å². The van der Waals surface area contributed by atoms with Gasteiger partial charge < -0.3 is 15.4 Å². The molecule has 0 saturated heterocycles. The Balaban J connectivity index is 1.20. The Hall–Kier alpha value is -3.02. The Morgan fingerprint density at radius 2 is 2.04 bits per heavy atom. The summed E-state index contributed by atoms with van der Waals surface area (Å²) in [7, 11) is 0. The van der Waals surface area contributed by atoms with E-state index in [1.807, 2.05) is 55.0 Å². The van der Waals surface area contributed by atoms with Gasteiger partial charge in [-0.15, -0.1) is 0 Å². The summed E-state index contributed by atoms with van der Waals surface area (Å²) in [6.07, 6.45) is 8.81.